The average Bonchev–Trinajstić information content (AvgIpc) is 3.18. The molecule has 2 atom stereocenters. The molecular formula is C45H65FN6O3. The summed E-state index contributed by atoms with van der Waals surface area (Å²) in [5.41, 5.74) is 8.01. The number of hydrogen-bond donors (Lipinski definition) is 4. The van der Waals surface area contributed by atoms with E-state index < -0.39 is 5.92 Å². The number of piperazine rings is 1. The number of aryl methyl sites for hydroxylation is 2. The van der Waals surface area contributed by atoms with E-state index >= 15 is 4.39 Å². The lowest BCUT2D eigenvalue weighted by Gasteiger charge is -2.31. The number of benzene rings is 2. The first-order chi connectivity index (χ1) is 26.6. The van der Waals surface area contributed by atoms with Crippen LogP contribution in [0.25, 0.3) is 17.2 Å². The number of nitrogens with zero attached hydrogens (tertiary/aromatic N) is 2. The van der Waals surface area contributed by atoms with Gasteiger partial charge in [0.15, 0.2) is 0 Å². The lowest BCUT2D eigenvalue weighted by Crippen LogP contribution is -2.48. The minimum atomic E-state index is -0.908. The number of halogens is 1. The topological polar surface area (TPSA) is 108 Å². The van der Waals surface area contributed by atoms with Gasteiger partial charge in [-0.1, -0.05) is 78.0 Å². The van der Waals surface area contributed by atoms with Crippen molar-refractivity contribution in [2.24, 2.45) is 11.8 Å². The Bertz CT molecular complexity index is 1740. The zero-order valence-corrected chi connectivity index (χ0v) is 34.5. The molecule has 2 amide bonds. The molecule has 5 rings (SSSR count). The van der Waals surface area contributed by atoms with Crippen molar-refractivity contribution >= 4 is 23.6 Å². The molecule has 9 nitrogen and oxygen atoms in total. The van der Waals surface area contributed by atoms with Crippen LogP contribution in [0, 0.1) is 24.6 Å². The number of amides is 2. The molecule has 0 spiro atoms. The van der Waals surface area contributed by atoms with Crippen molar-refractivity contribution in [2.45, 2.75) is 113 Å². The molecule has 300 valence electrons. The molecule has 2 fully saturated rings. The van der Waals surface area contributed by atoms with Crippen molar-refractivity contribution in [3.8, 4) is 11.1 Å². The maximum atomic E-state index is 15.2. The minimum absolute atomic E-state index is 0.176. The molecule has 2 unspecified atom stereocenters. The second-order valence-electron chi connectivity index (χ2n) is 14.9. The number of rotatable bonds is 15. The Morgan fingerprint density at radius 3 is 2.44 bits per heavy atom. The van der Waals surface area contributed by atoms with Gasteiger partial charge in [-0.15, -0.1) is 0 Å². The average molecular weight is 757 g/mol. The first-order valence-electron chi connectivity index (χ1n) is 20.5. The van der Waals surface area contributed by atoms with E-state index in [0.717, 1.165) is 90.3 Å². The van der Waals surface area contributed by atoms with Gasteiger partial charge in [0, 0.05) is 92.6 Å². The van der Waals surface area contributed by atoms with E-state index in [9.17, 15) is 9.59 Å². The Balaban J connectivity index is 0.00000331. The van der Waals surface area contributed by atoms with Crippen molar-refractivity contribution in [2.75, 3.05) is 38.2 Å². The molecule has 3 aromatic rings. The Morgan fingerprint density at radius 2 is 1.76 bits per heavy atom. The first kappa shape index (κ1) is 43.6. The van der Waals surface area contributed by atoms with Crippen LogP contribution in [0.4, 0.5) is 10.1 Å². The zero-order valence-electron chi connectivity index (χ0n) is 34.5. The molecule has 3 heterocycles. The van der Waals surface area contributed by atoms with Crippen LogP contribution in [0.3, 0.4) is 0 Å². The van der Waals surface area contributed by atoms with E-state index in [0.29, 0.717) is 31.2 Å². The highest BCUT2D eigenvalue weighted by Gasteiger charge is 2.30. The maximum Gasteiger partial charge on any atom is 0.233 e. The Hall–Kier alpha value is -4.12. The molecule has 0 radical (unpaired) electrons. The van der Waals surface area contributed by atoms with Crippen LogP contribution in [-0.2, 0) is 40.4 Å². The van der Waals surface area contributed by atoms with Gasteiger partial charge in [0.25, 0.3) is 0 Å². The van der Waals surface area contributed by atoms with E-state index in [1.807, 2.05) is 52.8 Å². The number of allylic oxidation sites excluding steroid dienone is 1. The number of carbonyl (C=O) groups excluding carboxylic acids is 2. The van der Waals surface area contributed by atoms with Gasteiger partial charge >= 0.3 is 0 Å². The molecule has 0 bridgehead atoms. The second-order valence-corrected chi connectivity index (χ2v) is 14.9. The molecular weight excluding hydrogens is 692 g/mol. The van der Waals surface area contributed by atoms with E-state index in [1.54, 1.807) is 12.1 Å². The van der Waals surface area contributed by atoms with E-state index in [4.69, 9.17) is 9.72 Å². The van der Waals surface area contributed by atoms with Gasteiger partial charge in [0.2, 0.25) is 11.8 Å². The van der Waals surface area contributed by atoms with Gasteiger partial charge in [-0.25, -0.2) is 4.39 Å². The molecule has 4 N–H and O–H groups in total. The number of hydrogen-bond acceptors (Lipinski definition) is 7. The maximum absolute atomic E-state index is 15.2. The third kappa shape index (κ3) is 12.2. The van der Waals surface area contributed by atoms with Crippen molar-refractivity contribution in [1.29, 1.82) is 0 Å². The normalized spacial score (nSPS) is 17.1. The molecule has 0 aliphatic carbocycles. The number of aromatic nitrogens is 1. The highest BCUT2D eigenvalue weighted by molar-refractivity contribution is 6.00. The van der Waals surface area contributed by atoms with E-state index in [-0.39, 0.29) is 42.7 Å². The molecule has 10 heteroatoms. The van der Waals surface area contributed by atoms with E-state index in [2.05, 4.69) is 65.2 Å². The number of carbonyl (C=O) groups is 2. The highest BCUT2D eigenvalue weighted by Crippen LogP contribution is 2.31. The molecule has 2 aliphatic rings. The summed E-state index contributed by atoms with van der Waals surface area (Å²) in [5.74, 6) is -2.17. The van der Waals surface area contributed by atoms with Crippen LogP contribution in [-0.4, -0.2) is 66.6 Å². The van der Waals surface area contributed by atoms with E-state index in [1.165, 1.54) is 6.07 Å². The summed E-state index contributed by atoms with van der Waals surface area (Å²) in [4.78, 5) is 34.8. The molecule has 2 aromatic carbocycles. The van der Waals surface area contributed by atoms with Gasteiger partial charge < -0.3 is 26.0 Å². The summed E-state index contributed by atoms with van der Waals surface area (Å²) >= 11 is 0. The van der Waals surface area contributed by atoms with Crippen molar-refractivity contribution in [1.82, 2.24) is 25.8 Å². The smallest absolute Gasteiger partial charge is 0.233 e. The lowest BCUT2D eigenvalue weighted by molar-refractivity contribution is -0.137. The second kappa shape index (κ2) is 21.8. The number of nitrogens with one attached hydrogen (secondary N) is 4. The summed E-state index contributed by atoms with van der Waals surface area (Å²) < 4.78 is 20.8. The van der Waals surface area contributed by atoms with Gasteiger partial charge in [0.05, 0.1) is 5.69 Å². The molecule has 0 saturated carbocycles. The first-order valence-corrected chi connectivity index (χ1v) is 20.5. The van der Waals surface area contributed by atoms with Crippen molar-refractivity contribution < 1.29 is 18.7 Å². The largest absolute Gasteiger partial charge is 0.381 e. The van der Waals surface area contributed by atoms with Gasteiger partial charge in [-0.3, -0.25) is 19.5 Å². The standard InChI is InChI=1S/C43H59FN6O3.C2H6/c1-7-9-13-35-30(6)48-39(8-2)37(41(35)49-34-16-20-53-21-17-34)25-47-43(52)40(28(3)4)42(51)46-24-31-14-15-38(44)36(23-31)33-12-10-11-32(22-33)27-50-19-18-45-29(5)26-50;1-2/h9-15,22-23,28-29,34,40,45H,7-8,16-21,24-27H2,1-6H3,(H,46,51)(H,47,52)(H,48,49);1-2H3/b13-9-;. The summed E-state index contributed by atoms with van der Waals surface area (Å²) in [5, 5.41) is 13.3. The van der Waals surface area contributed by atoms with Crippen LogP contribution in [0.15, 0.2) is 48.5 Å². The Kier molecular flexibility index (Phi) is 17.3. The van der Waals surface area contributed by atoms with Crippen LogP contribution >= 0.6 is 0 Å². The molecule has 2 saturated heterocycles. The Labute approximate surface area is 329 Å². The fourth-order valence-corrected chi connectivity index (χ4v) is 7.42. The number of ether oxygens (including phenoxy) is 1. The number of pyridine rings is 1. The molecule has 1 aromatic heterocycles. The predicted molar refractivity (Wildman–Crippen MR) is 223 cm³/mol. The van der Waals surface area contributed by atoms with Crippen LogP contribution in [0.1, 0.15) is 101 Å². The summed E-state index contributed by atoms with van der Waals surface area (Å²) in [6, 6.07) is 13.6. The predicted octanol–water partition coefficient (Wildman–Crippen LogP) is 7.80. The van der Waals surface area contributed by atoms with Gasteiger partial charge in [-0.2, -0.15) is 0 Å². The molecule has 2 aliphatic heterocycles. The SMILES string of the molecule is CC.CC/C=C\c1c(C)nc(CC)c(CNC(=O)C(C(=O)NCc2ccc(F)c(-c3cccc(CN4CCNC(C)C4)c3)c2)C(C)C)c1NC1CCOCC1. The minimum Gasteiger partial charge on any atom is -0.381 e. The van der Waals surface area contributed by atoms with Gasteiger partial charge in [-0.05, 0) is 80.3 Å². The summed E-state index contributed by atoms with van der Waals surface area (Å²) in [7, 11) is 0. The fraction of sp³-hybridized carbons (Fsp3) is 0.533. The monoisotopic (exact) mass is 757 g/mol. The van der Waals surface area contributed by atoms with Gasteiger partial charge in [0.1, 0.15) is 11.7 Å². The van der Waals surface area contributed by atoms with Crippen molar-refractivity contribution in [3.63, 3.8) is 0 Å². The van der Waals surface area contributed by atoms with Crippen LogP contribution < -0.4 is 21.3 Å². The summed E-state index contributed by atoms with van der Waals surface area (Å²) in [6.07, 6.45) is 7.65. The fourth-order valence-electron chi connectivity index (χ4n) is 7.42. The van der Waals surface area contributed by atoms with Crippen LogP contribution in [0.5, 0.6) is 0 Å². The Morgan fingerprint density at radius 1 is 1.04 bits per heavy atom. The lowest BCUT2D eigenvalue weighted by atomic mass is 9.93. The highest BCUT2D eigenvalue weighted by atomic mass is 19.1. The number of anilines is 1. The third-order valence-electron chi connectivity index (χ3n) is 10.3. The van der Waals surface area contributed by atoms with Crippen molar-refractivity contribution in [3.05, 3.63) is 88.0 Å². The summed E-state index contributed by atoms with van der Waals surface area (Å²) in [6.45, 7) is 21.7. The zero-order chi connectivity index (χ0) is 39.9. The third-order valence-corrected chi connectivity index (χ3v) is 10.3. The molecule has 55 heavy (non-hydrogen) atoms. The quantitative estimate of drug-likeness (QED) is 0.117. The van der Waals surface area contributed by atoms with Crippen LogP contribution in [0.2, 0.25) is 0 Å².